The smallest absolute Gasteiger partial charge is 0.166 e. The van der Waals surface area contributed by atoms with Crippen molar-refractivity contribution in [2.24, 2.45) is 5.73 Å². The van der Waals surface area contributed by atoms with Gasteiger partial charge in [-0.15, -0.1) is 0 Å². The SMILES string of the molecule is [CH2]c1c(F)c(F)c(CN)c(F)c1F. The Bertz CT molecular complexity index is 319. The van der Waals surface area contributed by atoms with Crippen molar-refractivity contribution in [3.05, 3.63) is 41.3 Å². The van der Waals surface area contributed by atoms with Crippen LogP contribution in [-0.4, -0.2) is 0 Å². The summed E-state index contributed by atoms with van der Waals surface area (Å²) in [6, 6.07) is 0. The molecule has 1 radical (unpaired) electrons. The Hall–Kier alpha value is -1.10. The molecule has 1 rings (SSSR count). The van der Waals surface area contributed by atoms with Crippen LogP contribution < -0.4 is 5.73 Å². The maximum atomic E-state index is 12.8. The molecule has 0 aromatic heterocycles. The third-order valence-electron chi connectivity index (χ3n) is 1.65. The highest BCUT2D eigenvalue weighted by Crippen LogP contribution is 2.22. The topological polar surface area (TPSA) is 26.0 Å². The number of halogens is 4. The highest BCUT2D eigenvalue weighted by Gasteiger charge is 2.21. The molecular weight excluding hydrogens is 186 g/mol. The molecular formula is C8H6F4N. The van der Waals surface area contributed by atoms with E-state index in [9.17, 15) is 17.6 Å². The summed E-state index contributed by atoms with van der Waals surface area (Å²) in [5.74, 6) is -5.96. The maximum absolute atomic E-state index is 12.8. The van der Waals surface area contributed by atoms with E-state index in [1.54, 1.807) is 0 Å². The van der Waals surface area contributed by atoms with Gasteiger partial charge in [-0.2, -0.15) is 0 Å². The van der Waals surface area contributed by atoms with Crippen LogP contribution in [0.3, 0.4) is 0 Å². The molecule has 0 amide bonds. The molecule has 0 saturated heterocycles. The van der Waals surface area contributed by atoms with Crippen LogP contribution in [0.1, 0.15) is 11.1 Å². The number of hydrogen-bond donors (Lipinski definition) is 1. The van der Waals surface area contributed by atoms with E-state index in [-0.39, 0.29) is 0 Å². The molecule has 0 fully saturated rings. The summed E-state index contributed by atoms with van der Waals surface area (Å²) in [5, 5.41) is 0. The molecule has 0 spiro atoms. The van der Waals surface area contributed by atoms with Crippen LogP contribution in [0.5, 0.6) is 0 Å². The first-order chi connectivity index (χ1) is 6.00. The molecule has 13 heavy (non-hydrogen) atoms. The van der Waals surface area contributed by atoms with Gasteiger partial charge in [0.2, 0.25) is 0 Å². The lowest BCUT2D eigenvalue weighted by Gasteiger charge is -2.06. The molecule has 1 nitrogen and oxygen atoms in total. The van der Waals surface area contributed by atoms with E-state index in [4.69, 9.17) is 5.73 Å². The quantitative estimate of drug-likeness (QED) is 0.533. The molecule has 0 bridgehead atoms. The Morgan fingerprint density at radius 1 is 0.923 bits per heavy atom. The second kappa shape index (κ2) is 3.33. The molecule has 0 unspecified atom stereocenters. The fourth-order valence-corrected chi connectivity index (χ4v) is 0.902. The van der Waals surface area contributed by atoms with Gasteiger partial charge in [-0.05, 0) is 6.92 Å². The van der Waals surface area contributed by atoms with Gasteiger partial charge in [0.15, 0.2) is 23.3 Å². The summed E-state index contributed by atoms with van der Waals surface area (Å²) >= 11 is 0. The summed E-state index contributed by atoms with van der Waals surface area (Å²) in [5.41, 5.74) is 3.18. The molecule has 0 atom stereocenters. The first-order valence-electron chi connectivity index (χ1n) is 3.37. The highest BCUT2D eigenvalue weighted by atomic mass is 19.2. The predicted molar refractivity (Wildman–Crippen MR) is 38.6 cm³/mol. The number of nitrogens with two attached hydrogens (primary N) is 1. The van der Waals surface area contributed by atoms with Gasteiger partial charge in [0.05, 0.1) is 0 Å². The lowest BCUT2D eigenvalue weighted by atomic mass is 10.1. The summed E-state index contributed by atoms with van der Waals surface area (Å²) in [6.07, 6.45) is 0. The van der Waals surface area contributed by atoms with Crippen LogP contribution in [0, 0.1) is 30.2 Å². The Kier molecular flexibility index (Phi) is 2.56. The van der Waals surface area contributed by atoms with E-state index in [1.165, 1.54) is 0 Å². The van der Waals surface area contributed by atoms with Crippen LogP contribution >= 0.6 is 0 Å². The van der Waals surface area contributed by atoms with Crippen LogP contribution in [0.15, 0.2) is 0 Å². The molecule has 1 aromatic rings. The fourth-order valence-electron chi connectivity index (χ4n) is 0.902. The van der Waals surface area contributed by atoms with Crippen molar-refractivity contribution >= 4 is 0 Å². The summed E-state index contributed by atoms with van der Waals surface area (Å²) in [6.45, 7) is 2.24. The minimum Gasteiger partial charge on any atom is -0.326 e. The van der Waals surface area contributed by atoms with Crippen molar-refractivity contribution in [1.29, 1.82) is 0 Å². The summed E-state index contributed by atoms with van der Waals surface area (Å²) < 4.78 is 51.0. The zero-order valence-electron chi connectivity index (χ0n) is 6.50. The molecule has 0 saturated carbocycles. The van der Waals surface area contributed by atoms with E-state index in [1.807, 2.05) is 0 Å². The Balaban J connectivity index is 3.56. The predicted octanol–water partition coefficient (Wildman–Crippen LogP) is 1.88. The molecule has 0 aliphatic rings. The van der Waals surface area contributed by atoms with Crippen molar-refractivity contribution < 1.29 is 17.6 Å². The normalized spacial score (nSPS) is 10.6. The molecule has 0 aliphatic heterocycles. The van der Waals surface area contributed by atoms with E-state index in [0.717, 1.165) is 0 Å². The minimum atomic E-state index is -1.50. The molecule has 1 aromatic carbocycles. The van der Waals surface area contributed by atoms with Crippen molar-refractivity contribution in [2.75, 3.05) is 0 Å². The lowest BCUT2D eigenvalue weighted by Crippen LogP contribution is -2.10. The number of hydrogen-bond acceptors (Lipinski definition) is 1. The maximum Gasteiger partial charge on any atom is 0.166 e. The Labute approximate surface area is 72.2 Å². The Morgan fingerprint density at radius 2 is 1.31 bits per heavy atom. The zero-order valence-corrected chi connectivity index (χ0v) is 6.50. The van der Waals surface area contributed by atoms with Gasteiger partial charge < -0.3 is 5.73 Å². The first kappa shape index (κ1) is 9.98. The van der Waals surface area contributed by atoms with E-state index < -0.39 is 40.9 Å². The lowest BCUT2D eigenvalue weighted by molar-refractivity contribution is 0.435. The third-order valence-corrected chi connectivity index (χ3v) is 1.65. The summed E-state index contributed by atoms with van der Waals surface area (Å²) in [7, 11) is 0. The largest absolute Gasteiger partial charge is 0.326 e. The second-order valence-electron chi connectivity index (χ2n) is 2.42. The van der Waals surface area contributed by atoms with Gasteiger partial charge in [0.25, 0.3) is 0 Å². The molecule has 2 N–H and O–H groups in total. The van der Waals surface area contributed by atoms with Crippen molar-refractivity contribution in [2.45, 2.75) is 6.54 Å². The molecule has 0 aliphatic carbocycles. The van der Waals surface area contributed by atoms with Crippen LogP contribution in [0.4, 0.5) is 17.6 Å². The van der Waals surface area contributed by atoms with E-state index in [0.29, 0.717) is 0 Å². The second-order valence-corrected chi connectivity index (χ2v) is 2.42. The van der Waals surface area contributed by atoms with Gasteiger partial charge in [-0.3, -0.25) is 0 Å². The van der Waals surface area contributed by atoms with Crippen molar-refractivity contribution in [1.82, 2.24) is 0 Å². The van der Waals surface area contributed by atoms with Crippen LogP contribution in [0.2, 0.25) is 0 Å². The molecule has 0 heterocycles. The summed E-state index contributed by atoms with van der Waals surface area (Å²) in [4.78, 5) is 0. The third kappa shape index (κ3) is 1.39. The zero-order chi connectivity index (χ0) is 10.2. The van der Waals surface area contributed by atoms with Crippen LogP contribution in [0.25, 0.3) is 0 Å². The van der Waals surface area contributed by atoms with Crippen molar-refractivity contribution in [3.8, 4) is 0 Å². The Morgan fingerprint density at radius 3 is 1.62 bits per heavy atom. The standard InChI is InChI=1S/C8H6F4N/c1-3-5(9)7(11)4(2-13)8(12)6(3)10/h1-2,13H2. The first-order valence-corrected chi connectivity index (χ1v) is 3.37. The fraction of sp³-hybridized carbons (Fsp3) is 0.125. The van der Waals surface area contributed by atoms with E-state index >= 15 is 0 Å². The monoisotopic (exact) mass is 192 g/mol. The van der Waals surface area contributed by atoms with Crippen molar-refractivity contribution in [3.63, 3.8) is 0 Å². The van der Waals surface area contributed by atoms with Gasteiger partial charge >= 0.3 is 0 Å². The average Bonchev–Trinajstić information content (AvgIpc) is 2.13. The average molecular weight is 192 g/mol. The van der Waals surface area contributed by atoms with Gasteiger partial charge in [0, 0.05) is 17.7 Å². The van der Waals surface area contributed by atoms with Crippen LogP contribution in [-0.2, 0) is 6.54 Å². The minimum absolute atomic E-state index is 0.605. The highest BCUT2D eigenvalue weighted by molar-refractivity contribution is 5.31. The van der Waals surface area contributed by atoms with Gasteiger partial charge in [-0.25, -0.2) is 17.6 Å². The number of benzene rings is 1. The number of rotatable bonds is 1. The van der Waals surface area contributed by atoms with Gasteiger partial charge in [0.1, 0.15) is 0 Å². The van der Waals surface area contributed by atoms with Gasteiger partial charge in [-0.1, -0.05) is 0 Å². The molecule has 5 heteroatoms. The van der Waals surface area contributed by atoms with E-state index in [2.05, 4.69) is 6.92 Å². The molecule has 71 valence electrons.